The molecule has 1 unspecified atom stereocenters. The number of thiazole rings is 1. The highest BCUT2D eigenvalue weighted by molar-refractivity contribution is 7.11. The lowest BCUT2D eigenvalue weighted by atomic mass is 9.88. The van der Waals surface area contributed by atoms with Crippen molar-refractivity contribution >= 4 is 42.1 Å². The van der Waals surface area contributed by atoms with Crippen LogP contribution >= 0.6 is 36.2 Å². The molecule has 122 valence electrons. The largest absolute Gasteiger partial charge is 0.355 e. The number of rotatable bonds is 6. The van der Waals surface area contributed by atoms with E-state index >= 15 is 0 Å². The highest BCUT2D eigenvalue weighted by atomic mass is 35.5. The van der Waals surface area contributed by atoms with Crippen molar-refractivity contribution in [2.45, 2.75) is 33.6 Å². The molecule has 4 nitrogen and oxygen atoms in total. The molecule has 1 amide bonds. The van der Waals surface area contributed by atoms with Gasteiger partial charge in [0.2, 0.25) is 5.91 Å². The molecule has 0 saturated carbocycles. The van der Waals surface area contributed by atoms with Crippen LogP contribution in [0.1, 0.15) is 29.4 Å². The van der Waals surface area contributed by atoms with E-state index in [0.29, 0.717) is 12.5 Å². The molecular formula is C14H25Cl2N3OS. The van der Waals surface area contributed by atoms with Crippen molar-refractivity contribution in [3.63, 3.8) is 0 Å². The highest BCUT2D eigenvalue weighted by Crippen LogP contribution is 2.18. The van der Waals surface area contributed by atoms with Gasteiger partial charge < -0.3 is 10.6 Å². The maximum absolute atomic E-state index is 11.9. The number of amides is 1. The number of aryl methyl sites for hydroxylation is 2. The average Bonchev–Trinajstić information content (AvgIpc) is 2.67. The molecule has 7 heteroatoms. The van der Waals surface area contributed by atoms with Gasteiger partial charge in [0, 0.05) is 23.8 Å². The summed E-state index contributed by atoms with van der Waals surface area (Å²) in [5, 5.41) is 7.36. The van der Waals surface area contributed by atoms with Crippen LogP contribution in [0.2, 0.25) is 0 Å². The van der Waals surface area contributed by atoms with Gasteiger partial charge in [0.15, 0.2) is 0 Å². The molecule has 1 aliphatic heterocycles. The summed E-state index contributed by atoms with van der Waals surface area (Å²) in [6.07, 6.45) is 1.83. The van der Waals surface area contributed by atoms with E-state index in [1.165, 1.54) is 10.6 Å². The average molecular weight is 354 g/mol. The van der Waals surface area contributed by atoms with Crippen LogP contribution in [-0.4, -0.2) is 30.5 Å². The van der Waals surface area contributed by atoms with Crippen LogP contribution < -0.4 is 10.6 Å². The van der Waals surface area contributed by atoms with Crippen LogP contribution in [0.15, 0.2) is 0 Å². The number of hydrogen-bond acceptors (Lipinski definition) is 4. The highest BCUT2D eigenvalue weighted by Gasteiger charge is 2.28. The Morgan fingerprint density at radius 3 is 2.62 bits per heavy atom. The van der Waals surface area contributed by atoms with E-state index in [2.05, 4.69) is 29.5 Å². The number of nitrogens with zero attached hydrogens (tertiary/aromatic N) is 1. The Balaban J connectivity index is 0.00000200. The number of hydrogen-bond donors (Lipinski definition) is 2. The molecular weight excluding hydrogens is 329 g/mol. The lowest BCUT2D eigenvalue weighted by Crippen LogP contribution is -2.49. The fraction of sp³-hybridized carbons (Fsp3) is 0.714. The fourth-order valence-electron chi connectivity index (χ4n) is 2.25. The molecule has 1 aromatic heterocycles. The summed E-state index contributed by atoms with van der Waals surface area (Å²) in [7, 11) is 0. The molecule has 1 fully saturated rings. The van der Waals surface area contributed by atoms with E-state index in [-0.39, 0.29) is 36.6 Å². The van der Waals surface area contributed by atoms with Crippen LogP contribution in [0.4, 0.5) is 0 Å². The van der Waals surface area contributed by atoms with Gasteiger partial charge >= 0.3 is 0 Å². The molecule has 21 heavy (non-hydrogen) atoms. The normalized spacial score (nSPS) is 15.4. The summed E-state index contributed by atoms with van der Waals surface area (Å²) >= 11 is 1.75. The molecule has 1 aromatic rings. The molecule has 1 atom stereocenters. The Morgan fingerprint density at radius 2 is 2.14 bits per heavy atom. The quantitative estimate of drug-likeness (QED) is 0.825. The molecule has 0 aliphatic carbocycles. The van der Waals surface area contributed by atoms with Crippen molar-refractivity contribution in [1.82, 2.24) is 15.6 Å². The van der Waals surface area contributed by atoms with Gasteiger partial charge in [-0.25, -0.2) is 4.98 Å². The number of carbonyl (C=O) groups excluding carboxylic acids is 1. The third-order valence-electron chi connectivity index (χ3n) is 3.84. The van der Waals surface area contributed by atoms with Crippen molar-refractivity contribution in [3.8, 4) is 0 Å². The molecule has 0 aromatic carbocycles. The van der Waals surface area contributed by atoms with Crippen molar-refractivity contribution in [2.75, 3.05) is 19.6 Å². The molecule has 2 rings (SSSR count). The zero-order valence-corrected chi connectivity index (χ0v) is 15.2. The summed E-state index contributed by atoms with van der Waals surface area (Å²) < 4.78 is 0. The van der Waals surface area contributed by atoms with Crippen molar-refractivity contribution < 1.29 is 4.79 Å². The molecule has 0 bridgehead atoms. The van der Waals surface area contributed by atoms with Gasteiger partial charge in [-0.05, 0) is 32.4 Å². The van der Waals surface area contributed by atoms with Gasteiger partial charge in [-0.3, -0.25) is 4.79 Å². The van der Waals surface area contributed by atoms with Crippen LogP contribution in [0.5, 0.6) is 0 Å². The van der Waals surface area contributed by atoms with E-state index in [1.54, 1.807) is 11.3 Å². The summed E-state index contributed by atoms with van der Waals surface area (Å²) in [5.41, 5.74) is 1.19. The van der Waals surface area contributed by atoms with Crippen LogP contribution in [0.25, 0.3) is 0 Å². The zero-order chi connectivity index (χ0) is 13.8. The predicted octanol–water partition coefficient (Wildman–Crippen LogP) is 2.37. The van der Waals surface area contributed by atoms with Crippen molar-refractivity contribution in [1.29, 1.82) is 0 Å². The van der Waals surface area contributed by atoms with Gasteiger partial charge in [-0.15, -0.1) is 36.2 Å². The molecule has 0 radical (unpaired) electrons. The maximum atomic E-state index is 11.9. The standard InChI is InChI=1S/C14H23N3OS.2ClH/c1-4-12-10(3)19-13(17-12)5-6-16-14(18)9(2)11-7-15-8-11;;/h9,11,15H,4-8H2,1-3H3,(H,16,18);2*1H. The second-order valence-electron chi connectivity index (χ2n) is 5.21. The van der Waals surface area contributed by atoms with E-state index < -0.39 is 0 Å². The maximum Gasteiger partial charge on any atom is 0.223 e. The number of carbonyl (C=O) groups is 1. The first-order valence-electron chi connectivity index (χ1n) is 7.05. The first-order chi connectivity index (χ1) is 9.11. The van der Waals surface area contributed by atoms with Crippen LogP contribution in [0, 0.1) is 18.8 Å². The van der Waals surface area contributed by atoms with Gasteiger partial charge in [-0.2, -0.15) is 0 Å². The number of aromatic nitrogens is 1. The molecule has 1 aliphatic rings. The number of halogens is 2. The molecule has 0 spiro atoms. The Bertz CT molecular complexity index is 449. The summed E-state index contributed by atoms with van der Waals surface area (Å²) in [6.45, 7) is 8.90. The Hall–Kier alpha value is -0.360. The van der Waals surface area contributed by atoms with Gasteiger partial charge in [0.25, 0.3) is 0 Å². The van der Waals surface area contributed by atoms with Crippen LogP contribution in [-0.2, 0) is 17.6 Å². The minimum Gasteiger partial charge on any atom is -0.355 e. The summed E-state index contributed by atoms with van der Waals surface area (Å²) in [4.78, 5) is 17.8. The Morgan fingerprint density at radius 1 is 1.48 bits per heavy atom. The summed E-state index contributed by atoms with van der Waals surface area (Å²) in [6, 6.07) is 0. The van der Waals surface area contributed by atoms with Crippen LogP contribution in [0.3, 0.4) is 0 Å². The van der Waals surface area contributed by atoms with E-state index in [4.69, 9.17) is 0 Å². The molecule has 2 heterocycles. The third-order valence-corrected chi connectivity index (χ3v) is 4.92. The summed E-state index contributed by atoms with van der Waals surface area (Å²) in [5.74, 6) is 0.801. The smallest absolute Gasteiger partial charge is 0.223 e. The monoisotopic (exact) mass is 353 g/mol. The Labute approximate surface area is 143 Å². The van der Waals surface area contributed by atoms with Gasteiger partial charge in [0.1, 0.15) is 0 Å². The minimum absolute atomic E-state index is 0. The van der Waals surface area contributed by atoms with E-state index in [0.717, 1.165) is 30.9 Å². The Kier molecular flexibility index (Phi) is 9.45. The molecule has 2 N–H and O–H groups in total. The number of nitrogens with one attached hydrogen (secondary N) is 2. The molecule has 1 saturated heterocycles. The van der Waals surface area contributed by atoms with E-state index in [9.17, 15) is 4.79 Å². The van der Waals surface area contributed by atoms with Gasteiger partial charge in [0.05, 0.1) is 10.7 Å². The van der Waals surface area contributed by atoms with Crippen molar-refractivity contribution in [3.05, 3.63) is 15.6 Å². The lowest BCUT2D eigenvalue weighted by Gasteiger charge is -2.31. The first kappa shape index (κ1) is 20.6. The minimum atomic E-state index is 0. The van der Waals surface area contributed by atoms with Gasteiger partial charge in [-0.1, -0.05) is 13.8 Å². The van der Waals surface area contributed by atoms with Crippen molar-refractivity contribution in [2.24, 2.45) is 11.8 Å². The predicted molar refractivity (Wildman–Crippen MR) is 93.0 cm³/mol. The first-order valence-corrected chi connectivity index (χ1v) is 7.87. The second kappa shape index (κ2) is 9.62. The fourth-order valence-corrected chi connectivity index (χ4v) is 3.28. The lowest BCUT2D eigenvalue weighted by molar-refractivity contribution is -0.126. The second-order valence-corrected chi connectivity index (χ2v) is 6.50. The van der Waals surface area contributed by atoms with E-state index in [1.807, 2.05) is 6.92 Å². The SMILES string of the molecule is CCc1nc(CCNC(=O)C(C)C2CNC2)sc1C.Cl.Cl. The third kappa shape index (κ3) is 5.40. The topological polar surface area (TPSA) is 54.0 Å². The zero-order valence-electron chi connectivity index (χ0n) is 12.8.